The summed E-state index contributed by atoms with van der Waals surface area (Å²) in [6.45, 7) is 2.07. The normalized spacial score (nSPS) is 12.2. The molecule has 3 nitrogen and oxygen atoms in total. The summed E-state index contributed by atoms with van der Waals surface area (Å²) >= 11 is 0. The van der Waals surface area contributed by atoms with Gasteiger partial charge >= 0.3 is 0 Å². The van der Waals surface area contributed by atoms with E-state index < -0.39 is 0 Å². The molecule has 0 saturated heterocycles. The highest BCUT2D eigenvalue weighted by Crippen LogP contribution is 2.27. The summed E-state index contributed by atoms with van der Waals surface area (Å²) in [6.07, 6.45) is 0. The Kier molecular flexibility index (Phi) is 4.55. The first-order valence-electron chi connectivity index (χ1n) is 6.38. The molecule has 0 saturated carbocycles. The van der Waals surface area contributed by atoms with Gasteiger partial charge in [0.1, 0.15) is 11.5 Å². The van der Waals surface area contributed by atoms with Crippen LogP contribution < -0.4 is 10.1 Å². The fraction of sp³-hybridized carbons (Fsp3) is 0.250. The average Bonchev–Trinajstić information content (AvgIpc) is 2.47. The van der Waals surface area contributed by atoms with Crippen molar-refractivity contribution in [3.05, 3.63) is 59.7 Å². The predicted octanol–water partition coefficient (Wildman–Crippen LogP) is 3.25. The third-order valence-corrected chi connectivity index (χ3v) is 3.16. The SMILES string of the molecule is CNC(C)c1cccc(Oc2ccccc2CO)c1. The second kappa shape index (κ2) is 6.36. The van der Waals surface area contributed by atoms with Crippen LogP contribution in [0.5, 0.6) is 11.5 Å². The molecule has 0 aliphatic carbocycles. The second-order valence-electron chi connectivity index (χ2n) is 4.45. The third kappa shape index (κ3) is 3.34. The van der Waals surface area contributed by atoms with Crippen LogP contribution in [0, 0.1) is 0 Å². The lowest BCUT2D eigenvalue weighted by Gasteiger charge is -2.13. The zero-order chi connectivity index (χ0) is 13.7. The second-order valence-corrected chi connectivity index (χ2v) is 4.45. The van der Waals surface area contributed by atoms with Crippen molar-refractivity contribution in [3.8, 4) is 11.5 Å². The maximum absolute atomic E-state index is 9.29. The van der Waals surface area contributed by atoms with E-state index >= 15 is 0 Å². The Balaban J connectivity index is 2.23. The molecule has 100 valence electrons. The fourth-order valence-corrected chi connectivity index (χ4v) is 1.88. The molecule has 0 aliphatic heterocycles. The summed E-state index contributed by atoms with van der Waals surface area (Å²) in [5.41, 5.74) is 1.95. The highest BCUT2D eigenvalue weighted by molar-refractivity contribution is 5.39. The van der Waals surface area contributed by atoms with Crippen molar-refractivity contribution < 1.29 is 9.84 Å². The standard InChI is InChI=1S/C16H19NO2/c1-12(17-2)13-7-5-8-15(10-13)19-16-9-4-3-6-14(16)11-18/h3-10,12,17-18H,11H2,1-2H3. The van der Waals surface area contributed by atoms with E-state index in [2.05, 4.69) is 18.3 Å². The summed E-state index contributed by atoms with van der Waals surface area (Å²) in [4.78, 5) is 0. The van der Waals surface area contributed by atoms with E-state index in [0.717, 1.165) is 11.3 Å². The Morgan fingerprint density at radius 1 is 1.16 bits per heavy atom. The molecule has 0 aromatic heterocycles. The molecule has 2 aromatic rings. The van der Waals surface area contributed by atoms with E-state index in [4.69, 9.17) is 4.74 Å². The number of ether oxygens (including phenoxy) is 1. The van der Waals surface area contributed by atoms with Crippen molar-refractivity contribution in [2.24, 2.45) is 0 Å². The van der Waals surface area contributed by atoms with Crippen LogP contribution in [0.3, 0.4) is 0 Å². The Labute approximate surface area is 113 Å². The van der Waals surface area contributed by atoms with Crippen LogP contribution in [0.15, 0.2) is 48.5 Å². The minimum atomic E-state index is -0.0250. The zero-order valence-electron chi connectivity index (χ0n) is 11.3. The lowest BCUT2D eigenvalue weighted by atomic mass is 10.1. The van der Waals surface area contributed by atoms with Crippen LogP contribution >= 0.6 is 0 Å². The van der Waals surface area contributed by atoms with Crippen molar-refractivity contribution in [3.63, 3.8) is 0 Å². The maximum Gasteiger partial charge on any atom is 0.132 e. The van der Waals surface area contributed by atoms with Crippen molar-refractivity contribution in [1.29, 1.82) is 0 Å². The van der Waals surface area contributed by atoms with Gasteiger partial charge in [-0.1, -0.05) is 30.3 Å². The summed E-state index contributed by atoms with van der Waals surface area (Å²) in [5, 5.41) is 12.5. The lowest BCUT2D eigenvalue weighted by Crippen LogP contribution is -2.12. The van der Waals surface area contributed by atoms with Gasteiger partial charge in [-0.15, -0.1) is 0 Å². The van der Waals surface area contributed by atoms with Gasteiger partial charge in [0.05, 0.1) is 6.61 Å². The Hall–Kier alpha value is -1.84. The number of aliphatic hydroxyl groups is 1. The Bertz CT molecular complexity index is 540. The van der Waals surface area contributed by atoms with Crippen molar-refractivity contribution in [2.75, 3.05) is 7.05 Å². The van der Waals surface area contributed by atoms with E-state index in [1.807, 2.05) is 49.5 Å². The van der Waals surface area contributed by atoms with Gasteiger partial charge in [-0.25, -0.2) is 0 Å². The van der Waals surface area contributed by atoms with E-state index in [1.54, 1.807) is 0 Å². The molecule has 0 heterocycles. The summed E-state index contributed by atoms with van der Waals surface area (Å²) in [6, 6.07) is 15.7. The number of benzene rings is 2. The number of aliphatic hydroxyl groups excluding tert-OH is 1. The number of para-hydroxylation sites is 1. The van der Waals surface area contributed by atoms with Gasteiger partial charge in [0.15, 0.2) is 0 Å². The van der Waals surface area contributed by atoms with Crippen LogP contribution in [-0.4, -0.2) is 12.2 Å². The topological polar surface area (TPSA) is 41.5 Å². The molecule has 3 heteroatoms. The minimum Gasteiger partial charge on any atom is -0.457 e. The van der Waals surface area contributed by atoms with E-state index in [0.29, 0.717) is 5.75 Å². The highest BCUT2D eigenvalue weighted by Gasteiger charge is 2.06. The first kappa shape index (κ1) is 13.6. The van der Waals surface area contributed by atoms with E-state index in [1.165, 1.54) is 5.56 Å². The molecule has 0 fully saturated rings. The van der Waals surface area contributed by atoms with Crippen LogP contribution in [0.25, 0.3) is 0 Å². The molecule has 2 aromatic carbocycles. The van der Waals surface area contributed by atoms with Gasteiger partial charge in [0.25, 0.3) is 0 Å². The van der Waals surface area contributed by atoms with Crippen molar-refractivity contribution in [1.82, 2.24) is 5.32 Å². The first-order chi connectivity index (χ1) is 9.24. The number of nitrogens with one attached hydrogen (secondary N) is 1. The van der Waals surface area contributed by atoms with Crippen LogP contribution in [0.2, 0.25) is 0 Å². The maximum atomic E-state index is 9.29. The molecule has 0 spiro atoms. The number of rotatable bonds is 5. The molecule has 19 heavy (non-hydrogen) atoms. The van der Waals surface area contributed by atoms with E-state index in [-0.39, 0.29) is 12.6 Å². The molecule has 0 aliphatic rings. The highest BCUT2D eigenvalue weighted by atomic mass is 16.5. The molecule has 0 radical (unpaired) electrons. The largest absolute Gasteiger partial charge is 0.457 e. The monoisotopic (exact) mass is 257 g/mol. The van der Waals surface area contributed by atoms with Crippen molar-refractivity contribution >= 4 is 0 Å². The van der Waals surface area contributed by atoms with Crippen molar-refractivity contribution in [2.45, 2.75) is 19.6 Å². The van der Waals surface area contributed by atoms with Crippen LogP contribution in [-0.2, 0) is 6.61 Å². The summed E-state index contributed by atoms with van der Waals surface area (Å²) < 4.78 is 5.85. The molecule has 1 atom stereocenters. The van der Waals surface area contributed by atoms with Gasteiger partial charge in [-0.2, -0.15) is 0 Å². The lowest BCUT2D eigenvalue weighted by molar-refractivity contribution is 0.276. The molecule has 2 N–H and O–H groups in total. The average molecular weight is 257 g/mol. The summed E-state index contributed by atoms with van der Waals surface area (Å²) in [5.74, 6) is 1.47. The molecular weight excluding hydrogens is 238 g/mol. The Morgan fingerprint density at radius 2 is 1.95 bits per heavy atom. The zero-order valence-corrected chi connectivity index (χ0v) is 11.3. The van der Waals surface area contributed by atoms with Gasteiger partial charge in [0.2, 0.25) is 0 Å². The smallest absolute Gasteiger partial charge is 0.132 e. The molecule has 0 amide bonds. The number of hydrogen-bond donors (Lipinski definition) is 2. The quantitative estimate of drug-likeness (QED) is 0.864. The van der Waals surface area contributed by atoms with Crippen LogP contribution in [0.1, 0.15) is 24.1 Å². The molecule has 1 unspecified atom stereocenters. The Morgan fingerprint density at radius 3 is 2.68 bits per heavy atom. The molecular formula is C16H19NO2. The first-order valence-corrected chi connectivity index (χ1v) is 6.38. The number of hydrogen-bond acceptors (Lipinski definition) is 3. The third-order valence-electron chi connectivity index (χ3n) is 3.16. The fourth-order valence-electron chi connectivity index (χ4n) is 1.88. The van der Waals surface area contributed by atoms with Gasteiger partial charge in [0, 0.05) is 11.6 Å². The van der Waals surface area contributed by atoms with Crippen LogP contribution in [0.4, 0.5) is 0 Å². The summed E-state index contributed by atoms with van der Waals surface area (Å²) in [7, 11) is 1.93. The minimum absolute atomic E-state index is 0.0250. The molecule has 2 rings (SSSR count). The molecule has 0 bridgehead atoms. The van der Waals surface area contributed by atoms with Gasteiger partial charge < -0.3 is 15.2 Å². The van der Waals surface area contributed by atoms with Gasteiger partial charge in [-0.3, -0.25) is 0 Å². The van der Waals surface area contributed by atoms with E-state index in [9.17, 15) is 5.11 Å². The predicted molar refractivity (Wildman–Crippen MR) is 76.4 cm³/mol. The van der Waals surface area contributed by atoms with Gasteiger partial charge in [-0.05, 0) is 37.7 Å².